The molecule has 1 atom stereocenters. The third kappa shape index (κ3) is 3.84. The molecule has 4 aromatic rings. The number of para-hydroxylation sites is 1. The standard InChI is InChI=1S/C27H29N5O3/c1-16(2)14-31-15-29-26-24(25(31)28)23(18-11-12-20(33-4)21(13-18)34-5)22-17(3)30-32(27(22)35-26)19-9-7-6-8-10-19/h6-13,15-16,23,28H,14H2,1-5H3. The third-order valence-electron chi connectivity index (χ3n) is 6.22. The second kappa shape index (κ2) is 8.94. The van der Waals surface area contributed by atoms with E-state index in [1.807, 2.05) is 64.7 Å². The molecule has 0 aliphatic carbocycles. The first-order chi connectivity index (χ1) is 16.9. The van der Waals surface area contributed by atoms with E-state index < -0.39 is 0 Å². The van der Waals surface area contributed by atoms with Crippen LogP contribution < -0.4 is 19.7 Å². The summed E-state index contributed by atoms with van der Waals surface area (Å²) in [4.78, 5) is 4.65. The van der Waals surface area contributed by atoms with E-state index in [1.54, 1.807) is 20.5 Å². The molecule has 8 heteroatoms. The first kappa shape index (κ1) is 22.7. The van der Waals surface area contributed by atoms with Crippen LogP contribution in [0, 0.1) is 18.3 Å². The maximum Gasteiger partial charge on any atom is 0.230 e. The summed E-state index contributed by atoms with van der Waals surface area (Å²) in [5, 5.41) is 14.0. The highest BCUT2D eigenvalue weighted by Crippen LogP contribution is 2.48. The highest BCUT2D eigenvalue weighted by molar-refractivity contribution is 5.59. The van der Waals surface area contributed by atoms with Crippen LogP contribution in [0.4, 0.5) is 0 Å². The van der Waals surface area contributed by atoms with Crippen molar-refractivity contribution in [2.24, 2.45) is 5.92 Å². The molecule has 1 unspecified atom stereocenters. The van der Waals surface area contributed by atoms with Gasteiger partial charge in [0.1, 0.15) is 11.8 Å². The van der Waals surface area contributed by atoms with Gasteiger partial charge >= 0.3 is 0 Å². The summed E-state index contributed by atoms with van der Waals surface area (Å²) in [6.45, 7) is 6.91. The summed E-state index contributed by atoms with van der Waals surface area (Å²) in [6.07, 6.45) is 1.69. The van der Waals surface area contributed by atoms with Gasteiger partial charge in [-0.05, 0) is 42.7 Å². The molecule has 180 valence electrons. The van der Waals surface area contributed by atoms with E-state index in [0.717, 1.165) is 22.5 Å². The fourth-order valence-corrected chi connectivity index (χ4v) is 4.67. The molecule has 3 heterocycles. The van der Waals surface area contributed by atoms with Crippen molar-refractivity contribution in [2.75, 3.05) is 14.2 Å². The predicted molar refractivity (Wildman–Crippen MR) is 132 cm³/mol. The maximum atomic E-state index is 9.12. The zero-order chi connectivity index (χ0) is 24.7. The van der Waals surface area contributed by atoms with E-state index in [-0.39, 0.29) is 5.92 Å². The van der Waals surface area contributed by atoms with Crippen LogP contribution in [-0.2, 0) is 6.54 Å². The van der Waals surface area contributed by atoms with Gasteiger partial charge in [0.2, 0.25) is 11.8 Å². The molecule has 2 aromatic heterocycles. The average molecular weight is 472 g/mol. The van der Waals surface area contributed by atoms with Gasteiger partial charge in [-0.3, -0.25) is 5.41 Å². The van der Waals surface area contributed by atoms with Gasteiger partial charge < -0.3 is 18.8 Å². The molecule has 1 N–H and O–H groups in total. The highest BCUT2D eigenvalue weighted by atomic mass is 16.5. The number of hydrogen-bond donors (Lipinski definition) is 1. The monoisotopic (exact) mass is 471 g/mol. The van der Waals surface area contributed by atoms with Crippen LogP contribution in [0.2, 0.25) is 0 Å². The first-order valence-electron chi connectivity index (χ1n) is 11.6. The van der Waals surface area contributed by atoms with Crippen molar-refractivity contribution in [3.8, 4) is 28.9 Å². The summed E-state index contributed by atoms with van der Waals surface area (Å²) >= 11 is 0. The number of fused-ring (bicyclic) bond motifs is 2. The molecular weight excluding hydrogens is 442 g/mol. The number of benzene rings is 2. The molecule has 0 fully saturated rings. The van der Waals surface area contributed by atoms with E-state index >= 15 is 0 Å². The number of ether oxygens (including phenoxy) is 3. The summed E-state index contributed by atoms with van der Waals surface area (Å²) < 4.78 is 21.1. The Hall–Kier alpha value is -4.07. The van der Waals surface area contributed by atoms with Gasteiger partial charge in [0.15, 0.2) is 11.5 Å². The average Bonchev–Trinajstić information content (AvgIpc) is 3.20. The summed E-state index contributed by atoms with van der Waals surface area (Å²) in [5.74, 6) is 2.34. The molecule has 1 aliphatic heterocycles. The molecule has 8 nitrogen and oxygen atoms in total. The smallest absolute Gasteiger partial charge is 0.230 e. The summed E-state index contributed by atoms with van der Waals surface area (Å²) in [6, 6.07) is 15.7. The second-order valence-corrected chi connectivity index (χ2v) is 9.06. The van der Waals surface area contributed by atoms with Crippen LogP contribution in [-0.4, -0.2) is 33.6 Å². The molecule has 0 spiro atoms. The molecule has 0 radical (unpaired) electrons. The minimum Gasteiger partial charge on any atom is -0.493 e. The van der Waals surface area contributed by atoms with Crippen molar-refractivity contribution in [3.63, 3.8) is 0 Å². The van der Waals surface area contributed by atoms with Crippen LogP contribution in [0.1, 0.15) is 42.1 Å². The van der Waals surface area contributed by atoms with E-state index in [0.29, 0.717) is 46.8 Å². The van der Waals surface area contributed by atoms with Gasteiger partial charge in [0.05, 0.1) is 42.6 Å². The maximum absolute atomic E-state index is 9.12. The van der Waals surface area contributed by atoms with Gasteiger partial charge in [0.25, 0.3) is 0 Å². The van der Waals surface area contributed by atoms with Gasteiger partial charge in [-0.15, -0.1) is 0 Å². The molecule has 1 aliphatic rings. The van der Waals surface area contributed by atoms with Crippen LogP contribution in [0.25, 0.3) is 5.69 Å². The van der Waals surface area contributed by atoms with Crippen LogP contribution in [0.3, 0.4) is 0 Å². The van der Waals surface area contributed by atoms with Gasteiger partial charge in [-0.25, -0.2) is 9.67 Å². The SMILES string of the molecule is COc1ccc(C2c3c(C)nn(-c4ccccc4)c3Oc3ncn(CC(C)C)c(=N)c32)cc1OC. The molecule has 0 amide bonds. The molecule has 0 bridgehead atoms. The lowest BCUT2D eigenvalue weighted by molar-refractivity contribution is 0.354. The number of aryl methyl sites for hydroxylation is 1. The van der Waals surface area contributed by atoms with Crippen molar-refractivity contribution in [2.45, 2.75) is 33.2 Å². The van der Waals surface area contributed by atoms with Gasteiger partial charge in [-0.1, -0.05) is 38.1 Å². The molecule has 2 aromatic carbocycles. The number of methoxy groups -OCH3 is 2. The highest BCUT2D eigenvalue weighted by Gasteiger charge is 2.37. The molecular formula is C27H29N5O3. The van der Waals surface area contributed by atoms with E-state index in [4.69, 9.17) is 24.7 Å². The zero-order valence-corrected chi connectivity index (χ0v) is 20.6. The van der Waals surface area contributed by atoms with Crippen LogP contribution in [0.5, 0.6) is 23.3 Å². The largest absolute Gasteiger partial charge is 0.493 e. The van der Waals surface area contributed by atoms with E-state index in [9.17, 15) is 0 Å². The first-order valence-corrected chi connectivity index (χ1v) is 11.6. The van der Waals surface area contributed by atoms with Crippen molar-refractivity contribution in [1.29, 1.82) is 5.41 Å². The lowest BCUT2D eigenvalue weighted by atomic mass is 9.84. The Morgan fingerprint density at radius 1 is 1.03 bits per heavy atom. The summed E-state index contributed by atoms with van der Waals surface area (Å²) in [5.41, 5.74) is 4.66. The number of nitrogens with one attached hydrogen (secondary N) is 1. The lowest BCUT2D eigenvalue weighted by Gasteiger charge is -2.28. The Morgan fingerprint density at radius 2 is 1.77 bits per heavy atom. The Labute approximate surface area is 204 Å². The van der Waals surface area contributed by atoms with E-state index in [1.165, 1.54) is 0 Å². The number of rotatable bonds is 6. The van der Waals surface area contributed by atoms with Gasteiger partial charge in [0, 0.05) is 6.54 Å². The van der Waals surface area contributed by atoms with Crippen molar-refractivity contribution >= 4 is 0 Å². The lowest BCUT2D eigenvalue weighted by Crippen LogP contribution is -2.31. The Morgan fingerprint density at radius 3 is 2.46 bits per heavy atom. The van der Waals surface area contributed by atoms with Crippen LogP contribution in [0.15, 0.2) is 54.9 Å². The fourth-order valence-electron chi connectivity index (χ4n) is 4.67. The number of aromatic nitrogens is 4. The summed E-state index contributed by atoms with van der Waals surface area (Å²) in [7, 11) is 3.24. The topological polar surface area (TPSA) is 87.2 Å². The van der Waals surface area contributed by atoms with E-state index in [2.05, 4.69) is 18.8 Å². The number of nitrogens with zero attached hydrogens (tertiary/aromatic N) is 4. The van der Waals surface area contributed by atoms with Gasteiger partial charge in [-0.2, -0.15) is 5.10 Å². The Balaban J connectivity index is 1.78. The molecule has 0 saturated heterocycles. The Bertz CT molecular complexity index is 1440. The van der Waals surface area contributed by atoms with Crippen LogP contribution >= 0.6 is 0 Å². The predicted octanol–water partition coefficient (Wildman–Crippen LogP) is 4.82. The molecule has 35 heavy (non-hydrogen) atoms. The molecule has 0 saturated carbocycles. The Kier molecular flexibility index (Phi) is 5.80. The fraction of sp³-hybridized carbons (Fsp3) is 0.296. The molecule has 5 rings (SSSR count). The third-order valence-corrected chi connectivity index (χ3v) is 6.22. The van der Waals surface area contributed by atoms with Crippen molar-refractivity contribution in [3.05, 3.63) is 82.7 Å². The minimum atomic E-state index is -0.314. The zero-order valence-electron chi connectivity index (χ0n) is 20.6. The second-order valence-electron chi connectivity index (χ2n) is 9.06. The number of hydrogen-bond acceptors (Lipinski definition) is 6. The van der Waals surface area contributed by atoms with Crippen molar-refractivity contribution in [1.82, 2.24) is 19.3 Å². The minimum absolute atomic E-state index is 0.314. The quantitative estimate of drug-likeness (QED) is 0.384. The normalized spacial score (nSPS) is 14.3. The van der Waals surface area contributed by atoms with Crippen molar-refractivity contribution < 1.29 is 14.2 Å².